The van der Waals surface area contributed by atoms with Crippen molar-refractivity contribution >= 4 is 11.9 Å². The first kappa shape index (κ1) is 12.4. The van der Waals surface area contributed by atoms with Crippen molar-refractivity contribution in [1.29, 1.82) is 0 Å². The molecule has 2 rings (SSSR count). The summed E-state index contributed by atoms with van der Waals surface area (Å²) in [5.41, 5.74) is 0. The number of hydrogen-bond acceptors (Lipinski definition) is 3. The molecule has 1 amide bonds. The fraction of sp³-hybridized carbons (Fsp3) is 0.833. The van der Waals surface area contributed by atoms with E-state index in [1.165, 1.54) is 0 Å². The molecule has 2 aliphatic rings. The van der Waals surface area contributed by atoms with Crippen LogP contribution in [0.25, 0.3) is 0 Å². The first-order valence-electron chi connectivity index (χ1n) is 6.36. The van der Waals surface area contributed by atoms with Gasteiger partial charge in [0.05, 0.1) is 5.92 Å². The van der Waals surface area contributed by atoms with E-state index in [0.717, 1.165) is 32.5 Å². The van der Waals surface area contributed by atoms with Gasteiger partial charge in [0, 0.05) is 32.1 Å². The highest BCUT2D eigenvalue weighted by Gasteiger charge is 2.39. The van der Waals surface area contributed by atoms with Crippen LogP contribution >= 0.6 is 0 Å². The largest absolute Gasteiger partial charge is 0.481 e. The molecule has 2 heterocycles. The van der Waals surface area contributed by atoms with E-state index in [9.17, 15) is 9.59 Å². The maximum Gasteiger partial charge on any atom is 0.308 e. The number of likely N-dealkylation sites (tertiary alicyclic amines) is 2. The molecule has 1 N–H and O–H groups in total. The highest BCUT2D eigenvalue weighted by atomic mass is 16.4. The second-order valence-electron chi connectivity index (χ2n) is 5.03. The molecule has 2 atom stereocenters. The Bertz CT molecular complexity index is 319. The van der Waals surface area contributed by atoms with Crippen LogP contribution in [0, 0.1) is 5.92 Å². The van der Waals surface area contributed by atoms with Gasteiger partial charge in [-0.2, -0.15) is 0 Å². The number of hydrogen-bond donors (Lipinski definition) is 1. The van der Waals surface area contributed by atoms with Gasteiger partial charge in [-0.05, 0) is 19.4 Å². The van der Waals surface area contributed by atoms with Crippen molar-refractivity contribution < 1.29 is 14.7 Å². The number of nitrogens with zero attached hydrogens (tertiary/aromatic N) is 2. The van der Waals surface area contributed by atoms with Gasteiger partial charge in [-0.1, -0.05) is 6.92 Å². The molecule has 2 fully saturated rings. The van der Waals surface area contributed by atoms with Gasteiger partial charge in [0.15, 0.2) is 0 Å². The standard InChI is InChI=1S/C12H20N2O3/c1-2-4-13-5-3-10(8-13)14-7-9(12(16)17)6-11(14)15/h9-10H,2-8H2,1H3,(H,16,17). The molecule has 0 aromatic heterocycles. The molecule has 96 valence electrons. The summed E-state index contributed by atoms with van der Waals surface area (Å²) in [4.78, 5) is 26.8. The number of carbonyl (C=O) groups excluding carboxylic acids is 1. The predicted octanol–water partition coefficient (Wildman–Crippen LogP) is 0.404. The molecule has 0 radical (unpaired) electrons. The zero-order valence-electron chi connectivity index (χ0n) is 10.3. The average molecular weight is 240 g/mol. The van der Waals surface area contributed by atoms with Crippen LogP contribution in [0.4, 0.5) is 0 Å². The minimum absolute atomic E-state index is 0.0146. The Kier molecular flexibility index (Phi) is 3.66. The topological polar surface area (TPSA) is 60.9 Å². The number of carbonyl (C=O) groups is 2. The molecule has 5 nitrogen and oxygen atoms in total. The molecule has 0 bridgehead atoms. The number of aliphatic carboxylic acids is 1. The second-order valence-corrected chi connectivity index (χ2v) is 5.03. The van der Waals surface area contributed by atoms with Crippen LogP contribution in [0.1, 0.15) is 26.2 Å². The van der Waals surface area contributed by atoms with Gasteiger partial charge in [0.1, 0.15) is 0 Å². The molecule has 0 saturated carbocycles. The Morgan fingerprint density at radius 2 is 2.24 bits per heavy atom. The Hall–Kier alpha value is -1.10. The fourth-order valence-electron chi connectivity index (χ4n) is 2.84. The Morgan fingerprint density at radius 1 is 1.47 bits per heavy atom. The highest BCUT2D eigenvalue weighted by molar-refractivity contribution is 5.86. The molecule has 2 unspecified atom stereocenters. The minimum Gasteiger partial charge on any atom is -0.481 e. The summed E-state index contributed by atoms with van der Waals surface area (Å²) < 4.78 is 0. The summed E-state index contributed by atoms with van der Waals surface area (Å²) in [6, 6.07) is 0.235. The molecule has 2 saturated heterocycles. The van der Waals surface area contributed by atoms with Crippen LogP contribution in [-0.2, 0) is 9.59 Å². The van der Waals surface area contributed by atoms with Gasteiger partial charge in [-0.3, -0.25) is 9.59 Å². The van der Waals surface area contributed by atoms with Crippen molar-refractivity contribution in [3.05, 3.63) is 0 Å². The van der Waals surface area contributed by atoms with E-state index in [2.05, 4.69) is 11.8 Å². The van der Waals surface area contributed by atoms with E-state index in [1.54, 1.807) is 4.90 Å². The fourth-order valence-corrected chi connectivity index (χ4v) is 2.84. The van der Waals surface area contributed by atoms with Gasteiger partial charge in [0.25, 0.3) is 0 Å². The summed E-state index contributed by atoms with van der Waals surface area (Å²) in [6.45, 7) is 5.56. The quantitative estimate of drug-likeness (QED) is 0.773. The maximum absolute atomic E-state index is 11.8. The molecule has 17 heavy (non-hydrogen) atoms. The van der Waals surface area contributed by atoms with Crippen molar-refractivity contribution in [3.8, 4) is 0 Å². The van der Waals surface area contributed by atoms with Gasteiger partial charge < -0.3 is 14.9 Å². The minimum atomic E-state index is -0.843. The van der Waals surface area contributed by atoms with E-state index in [-0.39, 0.29) is 18.4 Å². The van der Waals surface area contributed by atoms with Crippen LogP contribution in [0.2, 0.25) is 0 Å². The summed E-state index contributed by atoms with van der Waals surface area (Å²) in [5, 5.41) is 8.94. The third-order valence-corrected chi connectivity index (χ3v) is 3.74. The molecular formula is C12H20N2O3. The van der Waals surface area contributed by atoms with Gasteiger partial charge in [-0.15, -0.1) is 0 Å². The van der Waals surface area contributed by atoms with E-state index >= 15 is 0 Å². The number of carboxylic acid groups (broad SMARTS) is 1. The van der Waals surface area contributed by atoms with Crippen LogP contribution in [0.3, 0.4) is 0 Å². The lowest BCUT2D eigenvalue weighted by molar-refractivity contribution is -0.141. The van der Waals surface area contributed by atoms with Gasteiger partial charge in [0.2, 0.25) is 5.91 Å². The van der Waals surface area contributed by atoms with Gasteiger partial charge in [-0.25, -0.2) is 0 Å². The van der Waals surface area contributed by atoms with Crippen LogP contribution in [-0.4, -0.2) is 59.0 Å². The lowest BCUT2D eigenvalue weighted by atomic mass is 10.1. The lowest BCUT2D eigenvalue weighted by Crippen LogP contribution is -2.39. The third-order valence-electron chi connectivity index (χ3n) is 3.74. The Labute approximate surface area is 101 Å². The van der Waals surface area contributed by atoms with Crippen molar-refractivity contribution in [2.45, 2.75) is 32.2 Å². The smallest absolute Gasteiger partial charge is 0.308 e. The molecule has 0 spiro atoms. The Morgan fingerprint density at radius 3 is 2.82 bits per heavy atom. The van der Waals surface area contributed by atoms with Crippen molar-refractivity contribution in [2.24, 2.45) is 5.92 Å². The molecule has 0 aromatic rings. The van der Waals surface area contributed by atoms with Crippen LogP contribution in [0.15, 0.2) is 0 Å². The number of amides is 1. The zero-order chi connectivity index (χ0) is 12.4. The van der Waals surface area contributed by atoms with E-state index in [4.69, 9.17) is 5.11 Å². The SMILES string of the molecule is CCCN1CCC(N2CC(C(=O)O)CC2=O)C1. The molecule has 2 aliphatic heterocycles. The first-order valence-corrected chi connectivity index (χ1v) is 6.36. The molecule has 0 aromatic carbocycles. The first-order chi connectivity index (χ1) is 8.11. The van der Waals surface area contributed by atoms with E-state index < -0.39 is 11.9 Å². The van der Waals surface area contributed by atoms with E-state index in [1.807, 2.05) is 0 Å². The van der Waals surface area contributed by atoms with E-state index in [0.29, 0.717) is 6.54 Å². The van der Waals surface area contributed by atoms with Crippen molar-refractivity contribution in [3.63, 3.8) is 0 Å². The summed E-state index contributed by atoms with van der Waals surface area (Å²) in [6.07, 6.45) is 2.29. The number of rotatable bonds is 4. The van der Waals surface area contributed by atoms with Crippen molar-refractivity contribution in [2.75, 3.05) is 26.2 Å². The monoisotopic (exact) mass is 240 g/mol. The summed E-state index contributed by atoms with van der Waals surface area (Å²) in [7, 11) is 0. The predicted molar refractivity (Wildman–Crippen MR) is 62.6 cm³/mol. The molecular weight excluding hydrogens is 220 g/mol. The van der Waals surface area contributed by atoms with Crippen molar-refractivity contribution in [1.82, 2.24) is 9.80 Å². The van der Waals surface area contributed by atoms with Gasteiger partial charge >= 0.3 is 5.97 Å². The lowest BCUT2D eigenvalue weighted by Gasteiger charge is -2.24. The zero-order valence-corrected chi connectivity index (χ0v) is 10.3. The molecule has 5 heteroatoms. The molecule has 0 aliphatic carbocycles. The third kappa shape index (κ3) is 2.60. The Balaban J connectivity index is 1.91. The van der Waals surface area contributed by atoms with Crippen LogP contribution in [0.5, 0.6) is 0 Å². The average Bonchev–Trinajstić information content (AvgIpc) is 2.85. The number of carboxylic acids is 1. The highest BCUT2D eigenvalue weighted by Crippen LogP contribution is 2.25. The second kappa shape index (κ2) is 5.04. The van der Waals surface area contributed by atoms with Crippen LogP contribution < -0.4 is 0 Å². The summed E-state index contributed by atoms with van der Waals surface area (Å²) in [5.74, 6) is -1.33. The summed E-state index contributed by atoms with van der Waals surface area (Å²) >= 11 is 0. The normalized spacial score (nSPS) is 30.2. The maximum atomic E-state index is 11.8.